The molecule has 0 bridgehead atoms. The number of piperazine rings is 1. The molecule has 0 spiro atoms. The molecule has 2 aliphatic rings. The number of benzene rings is 1. The zero-order valence-corrected chi connectivity index (χ0v) is 10.4. The van der Waals surface area contributed by atoms with Gasteiger partial charge in [-0.1, -0.05) is 24.3 Å². The van der Waals surface area contributed by atoms with E-state index in [0.717, 1.165) is 13.1 Å². The average molecular weight is 216 g/mol. The molecule has 2 heterocycles. The summed E-state index contributed by atoms with van der Waals surface area (Å²) in [5.41, 5.74) is 3.38. The number of hydrogen-bond donors (Lipinski definition) is 0. The fraction of sp³-hybridized carbons (Fsp3) is 0.571. The molecule has 1 saturated heterocycles. The molecule has 2 nitrogen and oxygen atoms in total. The molecule has 86 valence electrons. The number of nitrogens with zero attached hydrogens (tertiary/aromatic N) is 2. The normalized spacial score (nSPS) is 28.8. The van der Waals surface area contributed by atoms with Crippen LogP contribution in [0.2, 0.25) is 0 Å². The first-order chi connectivity index (χ1) is 7.58. The quantitative estimate of drug-likeness (QED) is 0.656. The maximum Gasteiger partial charge on any atom is 0.0482 e. The van der Waals surface area contributed by atoms with Gasteiger partial charge in [0.1, 0.15) is 0 Å². The fourth-order valence-electron chi connectivity index (χ4n) is 3.03. The van der Waals surface area contributed by atoms with Crippen LogP contribution < -0.4 is 0 Å². The Hall–Kier alpha value is -0.860. The number of rotatable bonds is 0. The summed E-state index contributed by atoms with van der Waals surface area (Å²) in [5, 5.41) is 0. The van der Waals surface area contributed by atoms with Gasteiger partial charge in [0.2, 0.25) is 0 Å². The van der Waals surface area contributed by atoms with Crippen LogP contribution in [0.1, 0.15) is 31.0 Å². The molecular formula is C14H20N2. The minimum absolute atomic E-state index is 0.304. The molecule has 0 aromatic heterocycles. The minimum Gasteiger partial charge on any atom is -0.298 e. The molecule has 1 atom stereocenters. The summed E-state index contributed by atoms with van der Waals surface area (Å²) in [4.78, 5) is 5.13. The van der Waals surface area contributed by atoms with Gasteiger partial charge in [-0.2, -0.15) is 0 Å². The lowest BCUT2D eigenvalue weighted by Gasteiger charge is -2.47. The SMILES string of the molecule is CN1CC2c3ccccc3CN2CC1(C)C. The maximum atomic E-state index is 2.63. The van der Waals surface area contributed by atoms with Crippen LogP contribution in [0, 0.1) is 0 Å². The van der Waals surface area contributed by atoms with Gasteiger partial charge >= 0.3 is 0 Å². The summed E-state index contributed by atoms with van der Waals surface area (Å²) in [6.45, 7) is 8.14. The number of hydrogen-bond acceptors (Lipinski definition) is 2. The van der Waals surface area contributed by atoms with E-state index in [9.17, 15) is 0 Å². The second-order valence-electron chi connectivity index (χ2n) is 5.81. The van der Waals surface area contributed by atoms with Crippen molar-refractivity contribution in [2.24, 2.45) is 0 Å². The van der Waals surface area contributed by atoms with E-state index in [1.165, 1.54) is 12.1 Å². The van der Waals surface area contributed by atoms with Gasteiger partial charge in [-0.3, -0.25) is 9.80 Å². The molecule has 1 fully saturated rings. The van der Waals surface area contributed by atoms with Gasteiger partial charge in [-0.15, -0.1) is 0 Å². The topological polar surface area (TPSA) is 6.48 Å². The van der Waals surface area contributed by atoms with Crippen LogP contribution in [-0.4, -0.2) is 35.5 Å². The lowest BCUT2D eigenvalue weighted by atomic mass is 9.95. The van der Waals surface area contributed by atoms with Crippen LogP contribution in [-0.2, 0) is 6.54 Å². The summed E-state index contributed by atoms with van der Waals surface area (Å²) in [6, 6.07) is 9.52. The highest BCUT2D eigenvalue weighted by molar-refractivity contribution is 5.35. The summed E-state index contributed by atoms with van der Waals surface area (Å²) in [5.74, 6) is 0. The van der Waals surface area contributed by atoms with Crippen LogP contribution in [0.15, 0.2) is 24.3 Å². The van der Waals surface area contributed by atoms with Crippen LogP contribution in [0.5, 0.6) is 0 Å². The van der Waals surface area contributed by atoms with E-state index < -0.39 is 0 Å². The third kappa shape index (κ3) is 1.40. The number of likely N-dealkylation sites (N-methyl/N-ethyl adjacent to an activating group) is 1. The highest BCUT2D eigenvalue weighted by Crippen LogP contribution is 2.39. The Kier molecular flexibility index (Phi) is 2.13. The molecule has 1 aromatic carbocycles. The van der Waals surface area contributed by atoms with Crippen LogP contribution in [0.25, 0.3) is 0 Å². The second kappa shape index (κ2) is 3.31. The van der Waals surface area contributed by atoms with E-state index in [1.807, 2.05) is 0 Å². The highest BCUT2D eigenvalue weighted by Gasteiger charge is 2.41. The zero-order valence-electron chi connectivity index (χ0n) is 10.4. The van der Waals surface area contributed by atoms with Crippen molar-refractivity contribution < 1.29 is 0 Å². The van der Waals surface area contributed by atoms with E-state index in [0.29, 0.717) is 11.6 Å². The first-order valence-corrected chi connectivity index (χ1v) is 6.11. The first kappa shape index (κ1) is 10.3. The molecule has 2 heteroatoms. The molecule has 1 aromatic rings. The minimum atomic E-state index is 0.304. The van der Waals surface area contributed by atoms with E-state index >= 15 is 0 Å². The predicted molar refractivity (Wildman–Crippen MR) is 66.3 cm³/mol. The highest BCUT2D eigenvalue weighted by atomic mass is 15.3. The predicted octanol–water partition coefficient (Wildman–Crippen LogP) is 2.27. The third-order valence-electron chi connectivity index (χ3n) is 4.30. The van der Waals surface area contributed by atoms with Crippen molar-refractivity contribution in [3.05, 3.63) is 35.4 Å². The van der Waals surface area contributed by atoms with Crippen LogP contribution >= 0.6 is 0 Å². The van der Waals surface area contributed by atoms with Gasteiger partial charge in [0.15, 0.2) is 0 Å². The van der Waals surface area contributed by atoms with Gasteiger partial charge < -0.3 is 0 Å². The van der Waals surface area contributed by atoms with Crippen molar-refractivity contribution in [3.8, 4) is 0 Å². The molecule has 3 rings (SSSR count). The molecule has 0 radical (unpaired) electrons. The van der Waals surface area contributed by atoms with Gasteiger partial charge in [-0.25, -0.2) is 0 Å². The smallest absolute Gasteiger partial charge is 0.0482 e. The Morgan fingerprint density at radius 3 is 2.81 bits per heavy atom. The lowest BCUT2D eigenvalue weighted by Crippen LogP contribution is -2.56. The van der Waals surface area contributed by atoms with Crippen molar-refractivity contribution in [2.75, 3.05) is 20.1 Å². The van der Waals surface area contributed by atoms with E-state index in [1.54, 1.807) is 5.56 Å². The Morgan fingerprint density at radius 1 is 1.25 bits per heavy atom. The van der Waals surface area contributed by atoms with Gasteiger partial charge in [0.05, 0.1) is 0 Å². The molecule has 0 amide bonds. The first-order valence-electron chi connectivity index (χ1n) is 6.11. The number of fused-ring (bicyclic) bond motifs is 3. The summed E-state index contributed by atoms with van der Waals surface area (Å²) in [6.07, 6.45) is 0. The van der Waals surface area contributed by atoms with Crippen molar-refractivity contribution >= 4 is 0 Å². The molecule has 0 aliphatic carbocycles. The summed E-state index contributed by atoms with van der Waals surface area (Å²) < 4.78 is 0. The van der Waals surface area contributed by atoms with Crippen LogP contribution in [0.4, 0.5) is 0 Å². The van der Waals surface area contributed by atoms with E-state index in [2.05, 4.69) is 55.0 Å². The fourth-order valence-corrected chi connectivity index (χ4v) is 3.03. The standard InChI is InChI=1S/C14H20N2/c1-14(2)10-16-8-11-6-4-5-7-12(11)13(16)9-15(14)3/h4-7,13H,8-10H2,1-3H3. The molecule has 2 aliphatic heterocycles. The van der Waals surface area contributed by atoms with Crippen molar-refractivity contribution in [1.29, 1.82) is 0 Å². The van der Waals surface area contributed by atoms with Crippen molar-refractivity contribution in [2.45, 2.75) is 32.0 Å². The van der Waals surface area contributed by atoms with Crippen molar-refractivity contribution in [3.63, 3.8) is 0 Å². The molecule has 1 unspecified atom stereocenters. The molecular weight excluding hydrogens is 196 g/mol. The third-order valence-corrected chi connectivity index (χ3v) is 4.30. The second-order valence-corrected chi connectivity index (χ2v) is 5.81. The summed E-state index contributed by atoms with van der Waals surface area (Å²) >= 11 is 0. The monoisotopic (exact) mass is 216 g/mol. The van der Waals surface area contributed by atoms with Gasteiger partial charge in [0.25, 0.3) is 0 Å². The zero-order chi connectivity index (χ0) is 11.3. The van der Waals surface area contributed by atoms with Gasteiger partial charge in [-0.05, 0) is 32.0 Å². The van der Waals surface area contributed by atoms with Gasteiger partial charge in [0, 0.05) is 31.2 Å². The Bertz CT molecular complexity index is 411. The largest absolute Gasteiger partial charge is 0.298 e. The van der Waals surface area contributed by atoms with E-state index in [-0.39, 0.29) is 0 Å². The lowest BCUT2D eigenvalue weighted by molar-refractivity contribution is 0.00385. The van der Waals surface area contributed by atoms with Crippen LogP contribution in [0.3, 0.4) is 0 Å². The summed E-state index contributed by atoms with van der Waals surface area (Å²) in [7, 11) is 2.25. The Balaban J connectivity index is 1.95. The van der Waals surface area contributed by atoms with Crippen molar-refractivity contribution in [1.82, 2.24) is 9.80 Å². The maximum absolute atomic E-state index is 2.63. The molecule has 0 N–H and O–H groups in total. The van der Waals surface area contributed by atoms with E-state index in [4.69, 9.17) is 0 Å². The molecule has 16 heavy (non-hydrogen) atoms. The average Bonchev–Trinajstić information content (AvgIpc) is 2.56. The Labute approximate surface area is 97.9 Å². The molecule has 0 saturated carbocycles. The Morgan fingerprint density at radius 2 is 2.00 bits per heavy atom.